The van der Waals surface area contributed by atoms with Gasteiger partial charge in [0.25, 0.3) is 0 Å². The molecule has 0 amide bonds. The molecular formula is C14H27NO. The third-order valence-corrected chi connectivity index (χ3v) is 4.07. The molecule has 0 aliphatic carbocycles. The summed E-state index contributed by atoms with van der Waals surface area (Å²) in [6.45, 7) is 8.08. The number of hydrogen-bond acceptors (Lipinski definition) is 2. The highest BCUT2D eigenvalue weighted by molar-refractivity contribution is 4.96. The van der Waals surface area contributed by atoms with Gasteiger partial charge in [0.05, 0.1) is 12.2 Å². The maximum Gasteiger partial charge on any atom is 0.0597 e. The quantitative estimate of drug-likeness (QED) is 0.794. The zero-order chi connectivity index (χ0) is 11.6. The summed E-state index contributed by atoms with van der Waals surface area (Å²) in [5.41, 5.74) is 0.392. The third-order valence-electron chi connectivity index (χ3n) is 4.07. The molecule has 0 aromatic carbocycles. The van der Waals surface area contributed by atoms with Crippen LogP contribution in [0.5, 0.6) is 0 Å². The number of rotatable bonds is 4. The molecular weight excluding hydrogens is 198 g/mol. The van der Waals surface area contributed by atoms with E-state index in [1.54, 1.807) is 0 Å². The molecule has 3 atom stereocenters. The Hall–Kier alpha value is -0.0800. The molecule has 0 radical (unpaired) electrons. The standard InChI is InChI=1S/C14H27NO/c1-11(2)9-14(7-4-8-15-14)10-13-6-5-12(3)16-13/h11-13,15H,4-10H2,1-3H3. The minimum atomic E-state index is 0.392. The van der Waals surface area contributed by atoms with Crippen molar-refractivity contribution in [3.63, 3.8) is 0 Å². The van der Waals surface area contributed by atoms with Crippen LogP contribution in [0.3, 0.4) is 0 Å². The topological polar surface area (TPSA) is 21.3 Å². The van der Waals surface area contributed by atoms with Gasteiger partial charge in [-0.2, -0.15) is 0 Å². The Morgan fingerprint density at radius 3 is 2.69 bits per heavy atom. The molecule has 16 heavy (non-hydrogen) atoms. The van der Waals surface area contributed by atoms with Crippen molar-refractivity contribution in [2.24, 2.45) is 5.92 Å². The van der Waals surface area contributed by atoms with Gasteiger partial charge in [-0.15, -0.1) is 0 Å². The molecule has 94 valence electrons. The van der Waals surface area contributed by atoms with Gasteiger partial charge in [-0.3, -0.25) is 0 Å². The van der Waals surface area contributed by atoms with Gasteiger partial charge in [0.15, 0.2) is 0 Å². The van der Waals surface area contributed by atoms with Crippen molar-refractivity contribution in [3.05, 3.63) is 0 Å². The normalized spacial score (nSPS) is 39.8. The molecule has 0 aromatic rings. The van der Waals surface area contributed by atoms with Crippen LogP contribution < -0.4 is 5.32 Å². The summed E-state index contributed by atoms with van der Waals surface area (Å²) >= 11 is 0. The van der Waals surface area contributed by atoms with E-state index in [0.717, 1.165) is 5.92 Å². The molecule has 2 saturated heterocycles. The molecule has 1 N–H and O–H groups in total. The fraction of sp³-hybridized carbons (Fsp3) is 1.00. The van der Waals surface area contributed by atoms with Crippen molar-refractivity contribution < 1.29 is 4.74 Å². The largest absolute Gasteiger partial charge is 0.375 e. The van der Waals surface area contributed by atoms with E-state index in [2.05, 4.69) is 26.1 Å². The van der Waals surface area contributed by atoms with Gasteiger partial charge >= 0.3 is 0 Å². The Morgan fingerprint density at radius 2 is 2.19 bits per heavy atom. The van der Waals surface area contributed by atoms with Crippen molar-refractivity contribution in [1.82, 2.24) is 5.32 Å². The van der Waals surface area contributed by atoms with Crippen molar-refractivity contribution in [1.29, 1.82) is 0 Å². The Balaban J connectivity index is 1.92. The minimum absolute atomic E-state index is 0.392. The summed E-state index contributed by atoms with van der Waals surface area (Å²) in [5, 5.41) is 3.76. The van der Waals surface area contributed by atoms with Crippen LogP contribution in [-0.4, -0.2) is 24.3 Å². The fourth-order valence-electron chi connectivity index (χ4n) is 3.55. The van der Waals surface area contributed by atoms with Crippen LogP contribution in [0.2, 0.25) is 0 Å². The van der Waals surface area contributed by atoms with E-state index < -0.39 is 0 Å². The first-order valence-corrected chi connectivity index (χ1v) is 7.00. The molecule has 2 aliphatic heterocycles. The summed E-state index contributed by atoms with van der Waals surface area (Å²) in [6.07, 6.45) is 8.75. The molecule has 2 fully saturated rings. The molecule has 2 aliphatic rings. The molecule has 2 rings (SSSR count). The van der Waals surface area contributed by atoms with E-state index >= 15 is 0 Å². The van der Waals surface area contributed by atoms with Crippen molar-refractivity contribution in [2.45, 2.75) is 77.0 Å². The second kappa shape index (κ2) is 5.05. The lowest BCUT2D eigenvalue weighted by molar-refractivity contribution is 0.0307. The fourth-order valence-corrected chi connectivity index (χ4v) is 3.55. The first-order chi connectivity index (χ1) is 7.60. The first-order valence-electron chi connectivity index (χ1n) is 7.00. The Kier molecular flexibility index (Phi) is 3.91. The van der Waals surface area contributed by atoms with Crippen LogP contribution in [0.4, 0.5) is 0 Å². The highest BCUT2D eigenvalue weighted by Gasteiger charge is 2.38. The highest BCUT2D eigenvalue weighted by Crippen LogP contribution is 2.35. The SMILES string of the molecule is CC(C)CC1(CC2CCC(C)O2)CCCN1. The summed E-state index contributed by atoms with van der Waals surface area (Å²) in [6, 6.07) is 0. The van der Waals surface area contributed by atoms with Gasteiger partial charge in [-0.1, -0.05) is 13.8 Å². The molecule has 2 heteroatoms. The van der Waals surface area contributed by atoms with E-state index in [-0.39, 0.29) is 0 Å². The maximum absolute atomic E-state index is 5.99. The predicted octanol–water partition coefficient (Wildman–Crippen LogP) is 3.11. The molecule has 0 spiro atoms. The number of nitrogens with one attached hydrogen (secondary N) is 1. The van der Waals surface area contributed by atoms with Crippen LogP contribution >= 0.6 is 0 Å². The lowest BCUT2D eigenvalue weighted by Crippen LogP contribution is -2.43. The van der Waals surface area contributed by atoms with Crippen LogP contribution in [0, 0.1) is 5.92 Å². The Morgan fingerprint density at radius 1 is 1.38 bits per heavy atom. The van der Waals surface area contributed by atoms with E-state index in [1.165, 1.54) is 45.1 Å². The van der Waals surface area contributed by atoms with Gasteiger partial charge in [0.2, 0.25) is 0 Å². The van der Waals surface area contributed by atoms with Crippen molar-refractivity contribution in [2.75, 3.05) is 6.54 Å². The van der Waals surface area contributed by atoms with Crippen LogP contribution in [0.25, 0.3) is 0 Å². The molecule has 0 saturated carbocycles. The molecule has 0 aromatic heterocycles. The summed E-state index contributed by atoms with van der Waals surface area (Å²) in [7, 11) is 0. The predicted molar refractivity (Wildman–Crippen MR) is 67.6 cm³/mol. The van der Waals surface area contributed by atoms with E-state index in [4.69, 9.17) is 4.74 Å². The molecule has 2 heterocycles. The average Bonchev–Trinajstić information content (AvgIpc) is 2.76. The van der Waals surface area contributed by atoms with Gasteiger partial charge in [-0.05, 0) is 57.9 Å². The van der Waals surface area contributed by atoms with E-state index in [0.29, 0.717) is 17.7 Å². The van der Waals surface area contributed by atoms with Crippen LogP contribution in [-0.2, 0) is 4.74 Å². The van der Waals surface area contributed by atoms with E-state index in [1.807, 2.05) is 0 Å². The molecule has 3 unspecified atom stereocenters. The molecule has 2 nitrogen and oxygen atoms in total. The highest BCUT2D eigenvalue weighted by atomic mass is 16.5. The maximum atomic E-state index is 5.99. The second-order valence-corrected chi connectivity index (χ2v) is 6.26. The summed E-state index contributed by atoms with van der Waals surface area (Å²) in [4.78, 5) is 0. The van der Waals surface area contributed by atoms with Gasteiger partial charge < -0.3 is 10.1 Å². The van der Waals surface area contributed by atoms with Crippen LogP contribution in [0.15, 0.2) is 0 Å². The Labute approximate surface area is 100 Å². The van der Waals surface area contributed by atoms with Crippen molar-refractivity contribution >= 4 is 0 Å². The zero-order valence-electron chi connectivity index (χ0n) is 11.1. The summed E-state index contributed by atoms with van der Waals surface area (Å²) < 4.78 is 5.99. The van der Waals surface area contributed by atoms with Gasteiger partial charge in [-0.25, -0.2) is 0 Å². The first kappa shape index (κ1) is 12.4. The third kappa shape index (κ3) is 2.98. The van der Waals surface area contributed by atoms with E-state index in [9.17, 15) is 0 Å². The van der Waals surface area contributed by atoms with Gasteiger partial charge in [0.1, 0.15) is 0 Å². The van der Waals surface area contributed by atoms with Crippen molar-refractivity contribution in [3.8, 4) is 0 Å². The average molecular weight is 225 g/mol. The smallest absolute Gasteiger partial charge is 0.0597 e. The van der Waals surface area contributed by atoms with Crippen LogP contribution in [0.1, 0.15) is 59.3 Å². The minimum Gasteiger partial charge on any atom is -0.375 e. The lowest BCUT2D eigenvalue weighted by Gasteiger charge is -2.33. The lowest BCUT2D eigenvalue weighted by atomic mass is 9.82. The van der Waals surface area contributed by atoms with Gasteiger partial charge in [0, 0.05) is 5.54 Å². The molecule has 0 bridgehead atoms. The summed E-state index contributed by atoms with van der Waals surface area (Å²) in [5.74, 6) is 0.782. The number of ether oxygens (including phenoxy) is 1. The zero-order valence-corrected chi connectivity index (χ0v) is 11.1. The number of hydrogen-bond donors (Lipinski definition) is 1. The Bertz CT molecular complexity index is 221. The monoisotopic (exact) mass is 225 g/mol. The second-order valence-electron chi connectivity index (χ2n) is 6.26.